The molecule has 0 aliphatic heterocycles. The van der Waals surface area contributed by atoms with Gasteiger partial charge in [-0.25, -0.2) is 4.79 Å². The molecule has 0 saturated carbocycles. The molecule has 0 radical (unpaired) electrons. The van der Waals surface area contributed by atoms with Crippen molar-refractivity contribution in [3.8, 4) is 0 Å². The summed E-state index contributed by atoms with van der Waals surface area (Å²) in [7, 11) is 0. The number of carbonyl (C=O) groups excluding carboxylic acids is 2. The number of hydrogen-bond donors (Lipinski definition) is 3. The highest BCUT2D eigenvalue weighted by atomic mass is 32.2. The average Bonchev–Trinajstić information content (AvgIpc) is 2.42. The maximum absolute atomic E-state index is 12.1. The topological polar surface area (TPSA) is 109 Å². The van der Waals surface area contributed by atoms with E-state index in [4.69, 9.17) is 10.8 Å². The van der Waals surface area contributed by atoms with Gasteiger partial charge in [-0.05, 0) is 24.8 Å². The molecule has 1 aromatic rings. The minimum Gasteiger partial charge on any atom is -0.480 e. The van der Waals surface area contributed by atoms with Crippen molar-refractivity contribution in [2.45, 2.75) is 23.8 Å². The van der Waals surface area contributed by atoms with Gasteiger partial charge in [0, 0.05) is 11.3 Å². The van der Waals surface area contributed by atoms with E-state index < -0.39 is 23.8 Å². The molecule has 0 aromatic heterocycles. The molecule has 0 aliphatic rings. The van der Waals surface area contributed by atoms with Crippen LogP contribution in [0.5, 0.6) is 0 Å². The van der Waals surface area contributed by atoms with E-state index in [1.807, 2.05) is 6.26 Å². The van der Waals surface area contributed by atoms with Crippen molar-refractivity contribution in [2.24, 2.45) is 5.73 Å². The Morgan fingerprint density at radius 3 is 2.55 bits per heavy atom. The van der Waals surface area contributed by atoms with Crippen molar-refractivity contribution in [1.82, 2.24) is 5.32 Å². The summed E-state index contributed by atoms with van der Waals surface area (Å²) >= 11 is 1.40. The van der Waals surface area contributed by atoms with Gasteiger partial charge in [0.2, 0.25) is 5.91 Å². The number of nitrogens with one attached hydrogen (secondary N) is 1. The molecule has 0 fully saturated rings. The Hall–Kier alpha value is -2.02. The second-order valence-corrected chi connectivity index (χ2v) is 4.92. The number of benzene rings is 1. The van der Waals surface area contributed by atoms with E-state index >= 15 is 0 Å². The smallest absolute Gasteiger partial charge is 0.326 e. The fourth-order valence-electron chi connectivity index (χ4n) is 1.61. The van der Waals surface area contributed by atoms with Gasteiger partial charge in [-0.1, -0.05) is 12.1 Å². The van der Waals surface area contributed by atoms with Crippen LogP contribution in [0.25, 0.3) is 0 Å². The molecule has 0 spiro atoms. The summed E-state index contributed by atoms with van der Waals surface area (Å²) in [5.41, 5.74) is 5.39. The molecule has 1 aromatic carbocycles. The molecule has 0 aliphatic carbocycles. The molecule has 1 atom stereocenters. The van der Waals surface area contributed by atoms with Gasteiger partial charge >= 0.3 is 5.97 Å². The second kappa shape index (κ2) is 7.54. The van der Waals surface area contributed by atoms with Crippen LogP contribution < -0.4 is 11.1 Å². The Balaban J connectivity index is 2.80. The van der Waals surface area contributed by atoms with Gasteiger partial charge in [0.05, 0.1) is 5.56 Å². The van der Waals surface area contributed by atoms with E-state index in [2.05, 4.69) is 5.32 Å². The van der Waals surface area contributed by atoms with Crippen LogP contribution in [0.3, 0.4) is 0 Å². The summed E-state index contributed by atoms with van der Waals surface area (Å²) in [6, 6.07) is 5.76. The number of rotatable bonds is 7. The van der Waals surface area contributed by atoms with Crippen molar-refractivity contribution in [3.05, 3.63) is 29.8 Å². The van der Waals surface area contributed by atoms with Crippen LogP contribution in [0.1, 0.15) is 23.2 Å². The van der Waals surface area contributed by atoms with Gasteiger partial charge in [0.25, 0.3) is 5.91 Å². The van der Waals surface area contributed by atoms with E-state index in [0.29, 0.717) is 5.56 Å². The first kappa shape index (κ1) is 16.0. The molecule has 4 N–H and O–H groups in total. The summed E-state index contributed by atoms with van der Waals surface area (Å²) in [6.07, 6.45) is 1.70. The number of amides is 2. The van der Waals surface area contributed by atoms with E-state index in [-0.39, 0.29) is 12.8 Å². The third-order valence-electron chi connectivity index (χ3n) is 2.63. The third kappa shape index (κ3) is 4.58. The molecule has 0 saturated heterocycles. The number of carbonyl (C=O) groups is 3. The van der Waals surface area contributed by atoms with Gasteiger partial charge in [-0.3, -0.25) is 9.59 Å². The van der Waals surface area contributed by atoms with Crippen LogP contribution >= 0.6 is 11.8 Å². The Morgan fingerprint density at radius 1 is 1.35 bits per heavy atom. The predicted octanol–water partition coefficient (Wildman–Crippen LogP) is 0.857. The van der Waals surface area contributed by atoms with Crippen LogP contribution in [0.4, 0.5) is 0 Å². The van der Waals surface area contributed by atoms with Gasteiger partial charge < -0.3 is 16.2 Å². The number of primary amides is 1. The first-order valence-corrected chi connectivity index (χ1v) is 7.13. The standard InChI is InChI=1S/C13H16N2O4S/c1-20-10-5-3-2-4-8(10)12(17)15-9(13(18)19)6-7-11(14)16/h2-5,9H,6-7H2,1H3,(H2,14,16)(H,15,17)(H,18,19)/t9-/m0/s1. The van der Waals surface area contributed by atoms with Crippen LogP contribution in [0.15, 0.2) is 29.2 Å². The molecular weight excluding hydrogens is 280 g/mol. The van der Waals surface area contributed by atoms with Gasteiger partial charge in [0.15, 0.2) is 0 Å². The summed E-state index contributed by atoms with van der Waals surface area (Å²) in [5.74, 6) is -2.27. The van der Waals surface area contributed by atoms with Gasteiger partial charge in [-0.2, -0.15) is 0 Å². The zero-order valence-corrected chi connectivity index (χ0v) is 11.8. The minimum absolute atomic E-state index is 0.0299. The lowest BCUT2D eigenvalue weighted by atomic mass is 10.1. The van der Waals surface area contributed by atoms with Crippen molar-refractivity contribution in [3.63, 3.8) is 0 Å². The summed E-state index contributed by atoms with van der Waals surface area (Å²) in [5, 5.41) is 11.4. The number of carboxylic acids is 1. The SMILES string of the molecule is CSc1ccccc1C(=O)N[C@@H](CCC(N)=O)C(=O)O. The maximum atomic E-state index is 12.1. The monoisotopic (exact) mass is 296 g/mol. The first-order chi connectivity index (χ1) is 9.45. The van der Waals surface area contributed by atoms with Crippen molar-refractivity contribution >= 4 is 29.5 Å². The van der Waals surface area contributed by atoms with E-state index in [1.165, 1.54) is 11.8 Å². The largest absolute Gasteiger partial charge is 0.480 e. The van der Waals surface area contributed by atoms with Crippen LogP contribution in [0, 0.1) is 0 Å². The molecule has 6 nitrogen and oxygen atoms in total. The number of thioether (sulfide) groups is 1. The first-order valence-electron chi connectivity index (χ1n) is 5.90. The Morgan fingerprint density at radius 2 is 2.00 bits per heavy atom. The zero-order valence-electron chi connectivity index (χ0n) is 11.0. The summed E-state index contributed by atoms with van der Waals surface area (Å²) in [4.78, 5) is 34.6. The van der Waals surface area contributed by atoms with Crippen molar-refractivity contribution in [1.29, 1.82) is 0 Å². The fraction of sp³-hybridized carbons (Fsp3) is 0.308. The predicted molar refractivity (Wildman–Crippen MR) is 75.5 cm³/mol. The fourth-order valence-corrected chi connectivity index (χ4v) is 2.21. The quantitative estimate of drug-likeness (QED) is 0.646. The Kier molecular flexibility index (Phi) is 6.05. The third-order valence-corrected chi connectivity index (χ3v) is 3.43. The highest BCUT2D eigenvalue weighted by Crippen LogP contribution is 2.19. The van der Waals surface area contributed by atoms with Gasteiger partial charge in [-0.15, -0.1) is 11.8 Å². The summed E-state index contributed by atoms with van der Waals surface area (Å²) in [6.45, 7) is 0. The Labute approximate surface area is 120 Å². The second-order valence-electron chi connectivity index (χ2n) is 4.07. The normalized spacial score (nSPS) is 11.7. The highest BCUT2D eigenvalue weighted by molar-refractivity contribution is 7.98. The number of nitrogens with two attached hydrogens (primary N) is 1. The maximum Gasteiger partial charge on any atom is 0.326 e. The molecule has 2 amide bonds. The van der Waals surface area contributed by atoms with E-state index in [1.54, 1.807) is 24.3 Å². The number of carboxylic acid groups (broad SMARTS) is 1. The van der Waals surface area contributed by atoms with E-state index in [0.717, 1.165) is 4.90 Å². The van der Waals surface area contributed by atoms with Gasteiger partial charge in [0.1, 0.15) is 6.04 Å². The molecule has 7 heteroatoms. The molecule has 20 heavy (non-hydrogen) atoms. The molecule has 0 unspecified atom stereocenters. The van der Waals surface area contributed by atoms with Crippen LogP contribution in [-0.4, -0.2) is 35.2 Å². The lowest BCUT2D eigenvalue weighted by Crippen LogP contribution is -2.41. The lowest BCUT2D eigenvalue weighted by Gasteiger charge is -2.15. The molecule has 1 rings (SSSR count). The van der Waals surface area contributed by atoms with Crippen LogP contribution in [-0.2, 0) is 9.59 Å². The number of aliphatic carboxylic acids is 1. The van der Waals surface area contributed by atoms with Crippen LogP contribution in [0.2, 0.25) is 0 Å². The molecule has 108 valence electrons. The van der Waals surface area contributed by atoms with Crippen molar-refractivity contribution in [2.75, 3.05) is 6.26 Å². The molecular formula is C13H16N2O4S. The highest BCUT2D eigenvalue weighted by Gasteiger charge is 2.22. The zero-order chi connectivity index (χ0) is 15.1. The lowest BCUT2D eigenvalue weighted by molar-refractivity contribution is -0.139. The average molecular weight is 296 g/mol. The molecule has 0 bridgehead atoms. The minimum atomic E-state index is -1.19. The summed E-state index contributed by atoms with van der Waals surface area (Å²) < 4.78 is 0. The number of hydrogen-bond acceptors (Lipinski definition) is 4. The Bertz CT molecular complexity index is 519. The van der Waals surface area contributed by atoms with Crippen molar-refractivity contribution < 1.29 is 19.5 Å². The van der Waals surface area contributed by atoms with E-state index in [9.17, 15) is 14.4 Å². The molecule has 0 heterocycles.